The maximum absolute atomic E-state index is 13.0. The lowest BCUT2D eigenvalue weighted by molar-refractivity contribution is -0.149. The first-order chi connectivity index (χ1) is 31.7. The number of esters is 2. The fraction of sp³-hybridized carbons (Fsp3) is 0.633. The molecule has 2 rings (SSSR count). The highest BCUT2D eigenvalue weighted by atomic mass is 16.5. The van der Waals surface area contributed by atoms with Gasteiger partial charge in [-0.1, -0.05) is 138 Å². The zero-order valence-corrected chi connectivity index (χ0v) is 38.4. The second-order valence-electron chi connectivity index (χ2n) is 15.8. The molecule has 2 aromatic rings. The molecule has 65 heavy (non-hydrogen) atoms. The minimum Gasteiger partial charge on any atom is -0.480 e. The van der Waals surface area contributed by atoms with Crippen LogP contribution in [0.2, 0.25) is 0 Å². The van der Waals surface area contributed by atoms with Gasteiger partial charge in [0.05, 0.1) is 39.6 Å². The van der Waals surface area contributed by atoms with E-state index < -0.39 is 18.0 Å². The standard InChI is InChI=1S/C49H75N3O13/c53-44(50-29-31-60-33-35-62-39-46(55)51-30-32-61-34-36-63-40-47(56)57)28-27-43(49(59)65-38-42-23-17-14-18-24-42)52-45(54)25-19-11-9-7-5-3-1-2-4-6-8-10-12-20-26-48(58)64-37-41-21-15-13-16-22-41/h13-18,21-24,43H,1-12,19-20,25-40H2,(H,50,53)(H,51,55)(H,52,54)(H,56,57). The van der Waals surface area contributed by atoms with Crippen molar-refractivity contribution in [3.05, 3.63) is 71.8 Å². The van der Waals surface area contributed by atoms with Gasteiger partial charge >= 0.3 is 17.9 Å². The quantitative estimate of drug-likeness (QED) is 0.0422. The van der Waals surface area contributed by atoms with E-state index in [2.05, 4.69) is 16.0 Å². The monoisotopic (exact) mass is 914 g/mol. The molecule has 0 aliphatic carbocycles. The van der Waals surface area contributed by atoms with Gasteiger partial charge in [0.2, 0.25) is 17.7 Å². The molecular weight excluding hydrogens is 839 g/mol. The van der Waals surface area contributed by atoms with Crippen molar-refractivity contribution in [2.45, 2.75) is 135 Å². The molecule has 0 aromatic heterocycles. The SMILES string of the molecule is O=C(O)COCCOCCNC(=O)COCCOCCNC(=O)CCC(NC(=O)CCCCCCCCCCCCCCCCC(=O)OCc1ccccc1)C(=O)OCc1ccccc1. The van der Waals surface area contributed by atoms with Gasteiger partial charge in [0.1, 0.15) is 32.5 Å². The van der Waals surface area contributed by atoms with E-state index >= 15 is 0 Å². The lowest BCUT2D eigenvalue weighted by Gasteiger charge is -2.18. The summed E-state index contributed by atoms with van der Waals surface area (Å²) in [6.07, 6.45) is 16.4. The van der Waals surface area contributed by atoms with E-state index in [9.17, 15) is 28.8 Å². The molecule has 1 atom stereocenters. The first-order valence-electron chi connectivity index (χ1n) is 23.5. The van der Waals surface area contributed by atoms with E-state index in [1.165, 1.54) is 44.9 Å². The normalized spacial score (nSPS) is 11.4. The maximum Gasteiger partial charge on any atom is 0.329 e. The van der Waals surface area contributed by atoms with Crippen LogP contribution in [-0.2, 0) is 70.4 Å². The fourth-order valence-corrected chi connectivity index (χ4v) is 6.54. The summed E-state index contributed by atoms with van der Waals surface area (Å²) in [7, 11) is 0. The number of aliphatic carboxylic acids is 1. The summed E-state index contributed by atoms with van der Waals surface area (Å²) in [4.78, 5) is 72.6. The van der Waals surface area contributed by atoms with Crippen LogP contribution in [0.15, 0.2) is 60.7 Å². The number of ether oxygens (including phenoxy) is 6. The van der Waals surface area contributed by atoms with Crippen LogP contribution in [0.25, 0.3) is 0 Å². The van der Waals surface area contributed by atoms with Crippen molar-refractivity contribution in [2.75, 3.05) is 65.9 Å². The topological polar surface area (TPSA) is 214 Å². The Morgan fingerprint density at radius 2 is 0.908 bits per heavy atom. The van der Waals surface area contributed by atoms with Crippen molar-refractivity contribution in [3.8, 4) is 0 Å². The maximum atomic E-state index is 13.0. The van der Waals surface area contributed by atoms with E-state index in [0.717, 1.165) is 56.1 Å². The summed E-state index contributed by atoms with van der Waals surface area (Å²) in [6.45, 7) is 1.58. The Morgan fingerprint density at radius 1 is 0.462 bits per heavy atom. The lowest BCUT2D eigenvalue weighted by Crippen LogP contribution is -2.42. The Balaban J connectivity index is 1.48. The number of benzene rings is 2. The summed E-state index contributed by atoms with van der Waals surface area (Å²) >= 11 is 0. The van der Waals surface area contributed by atoms with Crippen molar-refractivity contribution in [2.24, 2.45) is 0 Å². The minimum atomic E-state index is -1.05. The van der Waals surface area contributed by atoms with Gasteiger partial charge in [-0.05, 0) is 30.4 Å². The van der Waals surface area contributed by atoms with Gasteiger partial charge < -0.3 is 49.5 Å². The number of carboxylic acid groups (broad SMARTS) is 1. The number of hydrogen-bond acceptors (Lipinski definition) is 12. The summed E-state index contributed by atoms with van der Waals surface area (Å²) in [5.41, 5.74) is 1.83. The minimum absolute atomic E-state index is 0.00270. The molecule has 1 unspecified atom stereocenters. The molecule has 0 aliphatic heterocycles. The lowest BCUT2D eigenvalue weighted by atomic mass is 10.0. The molecule has 0 heterocycles. The highest BCUT2D eigenvalue weighted by Crippen LogP contribution is 2.15. The number of carboxylic acids is 1. The van der Waals surface area contributed by atoms with Crippen LogP contribution < -0.4 is 16.0 Å². The number of nitrogens with one attached hydrogen (secondary N) is 3. The Bertz CT molecular complexity index is 1560. The molecule has 2 aromatic carbocycles. The number of carbonyl (C=O) groups excluding carboxylic acids is 5. The number of hydrogen-bond donors (Lipinski definition) is 4. The van der Waals surface area contributed by atoms with Crippen LogP contribution in [-0.4, -0.2) is 113 Å². The van der Waals surface area contributed by atoms with Crippen LogP contribution in [0.3, 0.4) is 0 Å². The molecule has 16 heteroatoms. The predicted octanol–water partition coefficient (Wildman–Crippen LogP) is 6.36. The van der Waals surface area contributed by atoms with Gasteiger partial charge in [-0.3, -0.25) is 19.2 Å². The molecule has 0 saturated carbocycles. The van der Waals surface area contributed by atoms with Gasteiger partial charge in [-0.2, -0.15) is 0 Å². The van der Waals surface area contributed by atoms with Crippen LogP contribution in [0.4, 0.5) is 0 Å². The van der Waals surface area contributed by atoms with Crippen LogP contribution in [0.1, 0.15) is 127 Å². The summed E-state index contributed by atoms with van der Waals surface area (Å²) in [5.74, 6) is -2.62. The predicted molar refractivity (Wildman–Crippen MR) is 244 cm³/mol. The molecule has 0 spiro atoms. The zero-order valence-electron chi connectivity index (χ0n) is 38.4. The fourth-order valence-electron chi connectivity index (χ4n) is 6.54. The molecule has 4 N–H and O–H groups in total. The molecule has 0 saturated heterocycles. The first-order valence-corrected chi connectivity index (χ1v) is 23.5. The van der Waals surface area contributed by atoms with Gasteiger partial charge in [-0.25, -0.2) is 9.59 Å². The molecule has 0 fully saturated rings. The van der Waals surface area contributed by atoms with E-state index in [1.54, 1.807) is 0 Å². The molecule has 3 amide bonds. The van der Waals surface area contributed by atoms with Crippen molar-refractivity contribution < 1.29 is 62.3 Å². The molecule has 16 nitrogen and oxygen atoms in total. The second kappa shape index (κ2) is 39.5. The summed E-state index contributed by atoms with van der Waals surface area (Å²) < 4.78 is 31.7. The summed E-state index contributed by atoms with van der Waals surface area (Å²) in [5, 5.41) is 16.7. The summed E-state index contributed by atoms with van der Waals surface area (Å²) in [6, 6.07) is 18.0. The van der Waals surface area contributed by atoms with Crippen molar-refractivity contribution in [1.82, 2.24) is 16.0 Å². The van der Waals surface area contributed by atoms with Crippen molar-refractivity contribution in [3.63, 3.8) is 0 Å². The smallest absolute Gasteiger partial charge is 0.329 e. The Kier molecular flexibility index (Phi) is 34.1. The van der Waals surface area contributed by atoms with E-state index in [1.807, 2.05) is 60.7 Å². The molecule has 0 aliphatic rings. The van der Waals surface area contributed by atoms with E-state index in [-0.39, 0.29) is 109 Å². The molecule has 0 bridgehead atoms. The number of unbranched alkanes of at least 4 members (excludes halogenated alkanes) is 13. The van der Waals surface area contributed by atoms with E-state index in [0.29, 0.717) is 19.4 Å². The number of rotatable bonds is 42. The van der Waals surface area contributed by atoms with Crippen molar-refractivity contribution in [1.29, 1.82) is 0 Å². The number of carbonyl (C=O) groups is 6. The Labute approximate surface area is 385 Å². The van der Waals surface area contributed by atoms with Crippen LogP contribution >= 0.6 is 0 Å². The number of amides is 3. The molecular formula is C49H75N3O13. The highest BCUT2D eigenvalue weighted by Gasteiger charge is 2.23. The van der Waals surface area contributed by atoms with Gasteiger partial charge in [0, 0.05) is 32.4 Å². The van der Waals surface area contributed by atoms with Gasteiger partial charge in [-0.15, -0.1) is 0 Å². The Morgan fingerprint density at radius 3 is 1.43 bits per heavy atom. The van der Waals surface area contributed by atoms with Crippen molar-refractivity contribution >= 4 is 35.6 Å². The third kappa shape index (κ3) is 34.2. The average molecular weight is 914 g/mol. The van der Waals surface area contributed by atoms with Gasteiger partial charge in [0.25, 0.3) is 0 Å². The van der Waals surface area contributed by atoms with E-state index in [4.69, 9.17) is 33.5 Å². The first kappa shape index (κ1) is 56.2. The third-order valence-electron chi connectivity index (χ3n) is 10.1. The third-order valence-corrected chi connectivity index (χ3v) is 10.1. The second-order valence-corrected chi connectivity index (χ2v) is 15.8. The molecule has 0 radical (unpaired) electrons. The van der Waals surface area contributed by atoms with Crippen LogP contribution in [0.5, 0.6) is 0 Å². The largest absolute Gasteiger partial charge is 0.480 e. The zero-order chi connectivity index (χ0) is 46.8. The van der Waals surface area contributed by atoms with Crippen LogP contribution in [0, 0.1) is 0 Å². The Hall–Kier alpha value is -4.90. The average Bonchev–Trinajstić information content (AvgIpc) is 3.30. The van der Waals surface area contributed by atoms with Gasteiger partial charge in [0.15, 0.2) is 0 Å². The highest BCUT2D eigenvalue weighted by molar-refractivity contribution is 5.85. The molecule has 364 valence electrons.